The predicted octanol–water partition coefficient (Wildman–Crippen LogP) is 1.42. The molecule has 0 radical (unpaired) electrons. The van der Waals surface area contributed by atoms with Crippen LogP contribution >= 0.6 is 0 Å². The molecule has 0 aliphatic rings. The van der Waals surface area contributed by atoms with E-state index in [0.717, 1.165) is 6.54 Å². The highest BCUT2D eigenvalue weighted by Gasteiger charge is 1.94. The van der Waals surface area contributed by atoms with Crippen LogP contribution in [0.15, 0.2) is 29.3 Å². The lowest BCUT2D eigenvalue weighted by Crippen LogP contribution is -2.18. The Hall–Kier alpha value is -1.42. The molecule has 1 rings (SSSR count). The monoisotopic (exact) mass is 195 g/mol. The molecule has 0 amide bonds. The molecular formula is C10H14FN3. The third-order valence-corrected chi connectivity index (χ3v) is 1.73. The van der Waals surface area contributed by atoms with Crippen LogP contribution < -0.4 is 11.1 Å². The van der Waals surface area contributed by atoms with Gasteiger partial charge in [-0.2, -0.15) is 0 Å². The van der Waals surface area contributed by atoms with Gasteiger partial charge in [-0.25, -0.2) is 9.38 Å². The second kappa shape index (κ2) is 5.34. The van der Waals surface area contributed by atoms with Crippen molar-refractivity contribution in [2.75, 3.05) is 13.6 Å². The van der Waals surface area contributed by atoms with E-state index in [1.165, 1.54) is 12.1 Å². The molecule has 1 aromatic rings. The molecule has 0 atom stereocenters. The summed E-state index contributed by atoms with van der Waals surface area (Å²) in [5.41, 5.74) is 6.33. The molecule has 0 saturated carbocycles. The number of hydrogen-bond donors (Lipinski definition) is 2. The third-order valence-electron chi connectivity index (χ3n) is 1.73. The fraction of sp³-hybridized carbons (Fsp3) is 0.300. The van der Waals surface area contributed by atoms with E-state index in [-0.39, 0.29) is 5.82 Å². The number of rotatable bonds is 4. The smallest absolute Gasteiger partial charge is 0.123 e. The Bertz CT molecular complexity index is 306. The number of nitrogens with one attached hydrogen (secondary N) is 1. The predicted molar refractivity (Wildman–Crippen MR) is 56.2 cm³/mol. The van der Waals surface area contributed by atoms with Crippen LogP contribution in [0.25, 0.3) is 0 Å². The van der Waals surface area contributed by atoms with Crippen LogP contribution in [-0.2, 0) is 0 Å². The van der Waals surface area contributed by atoms with E-state index in [2.05, 4.69) is 10.3 Å². The van der Waals surface area contributed by atoms with E-state index >= 15 is 0 Å². The second-order valence-electron chi connectivity index (χ2n) is 2.93. The highest BCUT2D eigenvalue weighted by molar-refractivity contribution is 5.83. The zero-order valence-corrected chi connectivity index (χ0v) is 8.13. The van der Waals surface area contributed by atoms with Crippen LogP contribution in [-0.4, -0.2) is 19.4 Å². The normalized spacial score (nSPS) is 11.7. The molecule has 0 aromatic heterocycles. The van der Waals surface area contributed by atoms with E-state index in [9.17, 15) is 4.39 Å². The summed E-state index contributed by atoms with van der Waals surface area (Å²) in [6.45, 7) is 0.788. The van der Waals surface area contributed by atoms with Crippen molar-refractivity contribution < 1.29 is 4.39 Å². The van der Waals surface area contributed by atoms with Gasteiger partial charge in [0, 0.05) is 13.0 Å². The van der Waals surface area contributed by atoms with E-state index in [4.69, 9.17) is 5.73 Å². The summed E-state index contributed by atoms with van der Waals surface area (Å²) in [7, 11) is 1.85. The number of hydrogen-bond acceptors (Lipinski definition) is 2. The minimum atomic E-state index is -0.266. The van der Waals surface area contributed by atoms with E-state index < -0.39 is 0 Å². The molecule has 0 aliphatic heterocycles. The van der Waals surface area contributed by atoms with Crippen LogP contribution in [0.5, 0.6) is 0 Å². The fourth-order valence-corrected chi connectivity index (χ4v) is 0.990. The highest BCUT2D eigenvalue weighted by Crippen LogP contribution is 2.11. The zero-order valence-electron chi connectivity index (χ0n) is 8.13. The van der Waals surface area contributed by atoms with Crippen molar-refractivity contribution in [3.63, 3.8) is 0 Å². The largest absolute Gasteiger partial charge is 0.387 e. The van der Waals surface area contributed by atoms with Crippen LogP contribution in [0, 0.1) is 5.82 Å². The number of aliphatic imine (C=N–C) groups is 1. The van der Waals surface area contributed by atoms with Crippen molar-refractivity contribution >= 4 is 11.5 Å². The van der Waals surface area contributed by atoms with Gasteiger partial charge in [-0.05, 0) is 31.3 Å². The van der Waals surface area contributed by atoms with Crippen molar-refractivity contribution in [1.82, 2.24) is 5.32 Å². The lowest BCUT2D eigenvalue weighted by molar-refractivity contribution is 0.628. The zero-order chi connectivity index (χ0) is 10.4. The molecule has 0 spiro atoms. The third kappa shape index (κ3) is 3.53. The van der Waals surface area contributed by atoms with Crippen molar-refractivity contribution in [2.24, 2.45) is 10.7 Å². The maximum Gasteiger partial charge on any atom is 0.123 e. The molecule has 0 unspecified atom stereocenters. The molecule has 0 aliphatic carbocycles. The minimum Gasteiger partial charge on any atom is -0.387 e. The molecule has 0 fully saturated rings. The molecule has 14 heavy (non-hydrogen) atoms. The molecular weight excluding hydrogens is 181 g/mol. The number of nitrogens with zero attached hydrogens (tertiary/aromatic N) is 1. The lowest BCUT2D eigenvalue weighted by Gasteiger charge is -1.99. The molecule has 76 valence electrons. The van der Waals surface area contributed by atoms with Gasteiger partial charge in [0.2, 0.25) is 0 Å². The quantitative estimate of drug-likeness (QED) is 0.564. The average Bonchev–Trinajstić information content (AvgIpc) is 2.18. The van der Waals surface area contributed by atoms with Gasteiger partial charge in [0.25, 0.3) is 0 Å². The molecule has 0 heterocycles. The summed E-state index contributed by atoms with van der Waals surface area (Å²) in [5.74, 6) is 0.281. The molecule has 3 N–H and O–H groups in total. The summed E-state index contributed by atoms with van der Waals surface area (Å²) < 4.78 is 12.5. The molecule has 0 bridgehead atoms. The van der Waals surface area contributed by atoms with Crippen LogP contribution in [0.2, 0.25) is 0 Å². The second-order valence-corrected chi connectivity index (χ2v) is 2.93. The Labute approximate surface area is 82.8 Å². The van der Waals surface area contributed by atoms with Gasteiger partial charge < -0.3 is 11.1 Å². The fourth-order valence-electron chi connectivity index (χ4n) is 0.990. The van der Waals surface area contributed by atoms with Gasteiger partial charge >= 0.3 is 0 Å². The first-order valence-electron chi connectivity index (χ1n) is 4.45. The Kier molecular flexibility index (Phi) is 4.07. The van der Waals surface area contributed by atoms with Crippen LogP contribution in [0.4, 0.5) is 10.1 Å². The van der Waals surface area contributed by atoms with Crippen molar-refractivity contribution in [3.8, 4) is 0 Å². The van der Waals surface area contributed by atoms with Gasteiger partial charge in [-0.15, -0.1) is 0 Å². The maximum atomic E-state index is 12.5. The summed E-state index contributed by atoms with van der Waals surface area (Å²) in [6, 6.07) is 5.93. The maximum absolute atomic E-state index is 12.5. The number of halogens is 1. The van der Waals surface area contributed by atoms with Crippen LogP contribution in [0.3, 0.4) is 0 Å². The molecule has 0 saturated heterocycles. The van der Waals surface area contributed by atoms with E-state index in [1.54, 1.807) is 12.1 Å². The number of nitrogens with two attached hydrogens (primary N) is 1. The van der Waals surface area contributed by atoms with Gasteiger partial charge in [0.1, 0.15) is 11.7 Å². The highest BCUT2D eigenvalue weighted by atomic mass is 19.1. The van der Waals surface area contributed by atoms with E-state index in [1.807, 2.05) is 7.05 Å². The Morgan fingerprint density at radius 3 is 2.64 bits per heavy atom. The topological polar surface area (TPSA) is 50.4 Å². The molecule has 4 heteroatoms. The van der Waals surface area contributed by atoms with Gasteiger partial charge in [0.05, 0.1) is 5.69 Å². The lowest BCUT2D eigenvalue weighted by atomic mass is 10.3. The first-order valence-corrected chi connectivity index (χ1v) is 4.45. The summed E-state index contributed by atoms with van der Waals surface area (Å²) >= 11 is 0. The average molecular weight is 195 g/mol. The van der Waals surface area contributed by atoms with Crippen molar-refractivity contribution in [1.29, 1.82) is 0 Å². The van der Waals surface area contributed by atoms with Crippen molar-refractivity contribution in [2.45, 2.75) is 6.42 Å². The molecule has 1 aromatic carbocycles. The van der Waals surface area contributed by atoms with E-state index in [0.29, 0.717) is 17.9 Å². The van der Waals surface area contributed by atoms with Crippen molar-refractivity contribution in [3.05, 3.63) is 30.1 Å². The van der Waals surface area contributed by atoms with Gasteiger partial charge in [-0.1, -0.05) is 0 Å². The van der Waals surface area contributed by atoms with Crippen LogP contribution in [0.1, 0.15) is 6.42 Å². The molecule has 3 nitrogen and oxygen atoms in total. The van der Waals surface area contributed by atoms with Gasteiger partial charge in [0.15, 0.2) is 0 Å². The standard InChI is InChI=1S/C10H14FN3/c1-13-7-6-10(12)14-9-4-2-8(11)3-5-9/h2-5,13H,6-7H2,1H3,(H2,12,14). The summed E-state index contributed by atoms with van der Waals surface area (Å²) in [6.07, 6.45) is 0.688. The summed E-state index contributed by atoms with van der Waals surface area (Å²) in [4.78, 5) is 4.13. The first-order chi connectivity index (χ1) is 6.72. The van der Waals surface area contributed by atoms with Gasteiger partial charge in [-0.3, -0.25) is 0 Å². The Morgan fingerprint density at radius 2 is 2.07 bits per heavy atom. The SMILES string of the molecule is CNCCC(N)=Nc1ccc(F)cc1. The number of benzene rings is 1. The minimum absolute atomic E-state index is 0.266. The first kappa shape index (κ1) is 10.7. The Morgan fingerprint density at radius 1 is 1.43 bits per heavy atom. The number of amidine groups is 1. The summed E-state index contributed by atoms with van der Waals surface area (Å²) in [5, 5.41) is 2.97. The Balaban J connectivity index is 2.61.